The van der Waals surface area contributed by atoms with Crippen molar-refractivity contribution in [2.45, 2.75) is 76.5 Å². The van der Waals surface area contributed by atoms with E-state index in [4.69, 9.17) is 23.9 Å². The zero-order valence-electron chi connectivity index (χ0n) is 29.5. The number of methoxy groups -OCH3 is 2. The Hall–Kier alpha value is -4.96. The number of alkyl carbamates (subject to hydrolysis) is 1. The molecule has 266 valence electrons. The number of fused-ring (bicyclic) bond motifs is 1. The Bertz CT molecular complexity index is 1670. The number of allylic oxidation sites excluding steroid dienone is 2. The first-order valence-electron chi connectivity index (χ1n) is 17.2. The van der Waals surface area contributed by atoms with Crippen molar-refractivity contribution in [3.8, 4) is 22.8 Å². The van der Waals surface area contributed by atoms with Crippen molar-refractivity contribution in [2.24, 2.45) is 0 Å². The van der Waals surface area contributed by atoms with Crippen LogP contribution in [0.3, 0.4) is 0 Å². The molecule has 3 aromatic rings. The van der Waals surface area contributed by atoms with E-state index in [2.05, 4.69) is 25.1 Å². The van der Waals surface area contributed by atoms with E-state index in [1.165, 1.54) is 7.11 Å². The Morgan fingerprint density at radius 2 is 1.72 bits per heavy atom. The lowest BCUT2D eigenvalue weighted by Crippen LogP contribution is -2.65. The predicted molar refractivity (Wildman–Crippen MR) is 196 cm³/mol. The number of benzene rings is 2. The number of pyridine rings is 1. The third-order valence-electron chi connectivity index (χ3n) is 9.22. The molecule has 0 bridgehead atoms. The molecule has 4 atom stereocenters. The van der Waals surface area contributed by atoms with Crippen LogP contribution < -0.4 is 14.8 Å². The predicted octanol–water partition coefficient (Wildman–Crippen LogP) is 8.40. The highest BCUT2D eigenvalue weighted by molar-refractivity contribution is 5.92. The van der Waals surface area contributed by atoms with E-state index in [9.17, 15) is 14.4 Å². The van der Waals surface area contributed by atoms with Crippen LogP contribution in [-0.4, -0.2) is 73.1 Å². The average Bonchev–Trinajstić information content (AvgIpc) is 3.47. The van der Waals surface area contributed by atoms with Crippen LogP contribution in [0.1, 0.15) is 63.9 Å². The number of carbonyl (C=O) groups is 3. The van der Waals surface area contributed by atoms with Crippen molar-refractivity contribution < 1.29 is 37.8 Å². The molecule has 10 heteroatoms. The van der Waals surface area contributed by atoms with Crippen LogP contribution in [0.4, 0.5) is 9.59 Å². The summed E-state index contributed by atoms with van der Waals surface area (Å²) in [5.41, 5.74) is 3.03. The van der Waals surface area contributed by atoms with Gasteiger partial charge in [0, 0.05) is 35.1 Å². The first kappa shape index (κ1) is 37.9. The lowest BCUT2D eigenvalue weighted by atomic mass is 10.0. The van der Waals surface area contributed by atoms with Gasteiger partial charge in [-0.2, -0.15) is 9.28 Å². The second kappa shape index (κ2) is 18.2. The van der Waals surface area contributed by atoms with Crippen LogP contribution in [-0.2, 0) is 14.3 Å². The minimum atomic E-state index is -0.972. The summed E-state index contributed by atoms with van der Waals surface area (Å²) in [4.78, 5) is 46.1. The summed E-state index contributed by atoms with van der Waals surface area (Å²) in [6, 6.07) is 13.9. The highest BCUT2D eigenvalue weighted by Gasteiger charge is 2.60. The molecule has 1 N–H and O–H groups in total. The van der Waals surface area contributed by atoms with E-state index in [1.807, 2.05) is 61.5 Å². The molecular weight excluding hydrogens is 634 g/mol. The zero-order valence-corrected chi connectivity index (χ0v) is 29.5. The SMILES string of the molecule is C=CCCCCC[C@H](NC(=O)OCCCC=C)C(=O)[N+]1(C(=O)OC)C[C@H](Oc2cc(-c3ccccc3)nc3cc(OC)c(C=C)cc23)C[C@H]1C. The standard InChI is InChI=1S/C40H49N3O7/c1-7-10-12-13-17-21-33(42-39(45)49-22-18-11-8-2)38(44)43(40(46)48-6)27-31(23-28(43)4)50-37-25-34(30-19-15-14-16-20-30)41-35-26-36(47-5)29(9-3)24-32(35)37/h7-9,14-16,19-20,24-26,28,31,33H,1-3,10-13,17-18,21-23,27H2,4-6H3/p+1/t28-,31-,33+,43?/m1/s1. The lowest BCUT2D eigenvalue weighted by Gasteiger charge is -2.33. The molecule has 1 aromatic heterocycles. The maximum Gasteiger partial charge on any atom is 0.523 e. The van der Waals surface area contributed by atoms with Crippen molar-refractivity contribution in [2.75, 3.05) is 27.4 Å². The molecule has 0 spiro atoms. The summed E-state index contributed by atoms with van der Waals surface area (Å²) in [5.74, 6) is 0.722. The molecule has 0 aliphatic carbocycles. The van der Waals surface area contributed by atoms with Crippen molar-refractivity contribution in [3.63, 3.8) is 0 Å². The highest BCUT2D eigenvalue weighted by Crippen LogP contribution is 2.38. The number of unbranched alkanes of at least 4 members (excludes halogenated alkanes) is 4. The maximum atomic E-state index is 14.6. The van der Waals surface area contributed by atoms with Gasteiger partial charge in [0.15, 0.2) is 6.10 Å². The number of nitrogens with one attached hydrogen (secondary N) is 1. The second-order valence-electron chi connectivity index (χ2n) is 12.6. The van der Waals surface area contributed by atoms with Crippen molar-refractivity contribution in [1.29, 1.82) is 0 Å². The smallest absolute Gasteiger partial charge is 0.496 e. The largest absolute Gasteiger partial charge is 0.523 e. The Balaban J connectivity index is 1.68. The zero-order chi connectivity index (χ0) is 36.1. The first-order chi connectivity index (χ1) is 24.2. The topological polar surface area (TPSA) is 113 Å². The number of nitrogens with zero attached hydrogens (tertiary/aromatic N) is 2. The Kier molecular flexibility index (Phi) is 13.7. The minimum absolute atomic E-state index is 0.0185. The number of carbonyl (C=O) groups excluding carboxylic acids is 3. The number of imide groups is 1. The molecule has 0 saturated carbocycles. The Morgan fingerprint density at radius 3 is 2.40 bits per heavy atom. The van der Waals surface area contributed by atoms with Gasteiger partial charge in [0.2, 0.25) is 0 Å². The third kappa shape index (κ3) is 8.79. The van der Waals surface area contributed by atoms with Gasteiger partial charge in [0.25, 0.3) is 0 Å². The molecule has 2 heterocycles. The minimum Gasteiger partial charge on any atom is -0.496 e. The van der Waals surface area contributed by atoms with Crippen LogP contribution >= 0.6 is 0 Å². The number of quaternary nitrogens is 1. The Morgan fingerprint density at radius 1 is 0.980 bits per heavy atom. The van der Waals surface area contributed by atoms with E-state index in [1.54, 1.807) is 19.3 Å². The van der Waals surface area contributed by atoms with Crippen LogP contribution in [0.5, 0.6) is 11.5 Å². The summed E-state index contributed by atoms with van der Waals surface area (Å²) in [6.07, 6.45) is 8.66. The number of hydrogen-bond donors (Lipinski definition) is 1. The third-order valence-corrected chi connectivity index (χ3v) is 9.22. The van der Waals surface area contributed by atoms with Crippen LogP contribution in [0.25, 0.3) is 28.2 Å². The van der Waals surface area contributed by atoms with E-state index in [0.717, 1.165) is 35.8 Å². The fourth-order valence-electron chi connectivity index (χ4n) is 6.57. The summed E-state index contributed by atoms with van der Waals surface area (Å²) in [6.45, 7) is 13.5. The van der Waals surface area contributed by atoms with Crippen molar-refractivity contribution in [3.05, 3.63) is 86.0 Å². The molecule has 4 rings (SSSR count). The number of ether oxygens (including phenoxy) is 4. The highest BCUT2D eigenvalue weighted by atomic mass is 16.6. The molecule has 1 fully saturated rings. The van der Waals surface area contributed by atoms with Gasteiger partial charge in [-0.15, -0.1) is 13.2 Å². The van der Waals surface area contributed by atoms with E-state index < -0.39 is 40.8 Å². The van der Waals surface area contributed by atoms with Gasteiger partial charge in [-0.1, -0.05) is 68.0 Å². The summed E-state index contributed by atoms with van der Waals surface area (Å²) < 4.78 is 22.4. The van der Waals surface area contributed by atoms with Gasteiger partial charge in [-0.3, -0.25) is 0 Å². The number of hydrogen-bond acceptors (Lipinski definition) is 8. The molecule has 0 radical (unpaired) electrons. The maximum absolute atomic E-state index is 14.6. The van der Waals surface area contributed by atoms with Gasteiger partial charge in [0.05, 0.1) is 32.0 Å². The first-order valence-corrected chi connectivity index (χ1v) is 17.2. The normalized spacial score (nSPS) is 18.9. The quantitative estimate of drug-likeness (QED) is 0.0857. The molecule has 1 aliphatic heterocycles. The lowest BCUT2D eigenvalue weighted by molar-refractivity contribution is -0.794. The Labute approximate surface area is 295 Å². The van der Waals surface area contributed by atoms with E-state index in [-0.39, 0.29) is 13.2 Å². The van der Waals surface area contributed by atoms with Crippen LogP contribution in [0.2, 0.25) is 0 Å². The van der Waals surface area contributed by atoms with Crippen LogP contribution in [0.15, 0.2) is 80.4 Å². The van der Waals surface area contributed by atoms with Gasteiger partial charge < -0.3 is 24.3 Å². The van der Waals surface area contributed by atoms with Gasteiger partial charge in [0.1, 0.15) is 30.1 Å². The second-order valence-corrected chi connectivity index (χ2v) is 12.6. The van der Waals surface area contributed by atoms with E-state index in [0.29, 0.717) is 54.8 Å². The number of aromatic nitrogens is 1. The fraction of sp³-hybridized carbons (Fsp3) is 0.400. The van der Waals surface area contributed by atoms with Crippen molar-refractivity contribution >= 4 is 35.1 Å². The fourth-order valence-corrected chi connectivity index (χ4v) is 6.57. The van der Waals surface area contributed by atoms with Gasteiger partial charge >= 0.3 is 18.1 Å². The number of likely N-dealkylation sites (tertiary alicyclic amines) is 1. The summed E-state index contributed by atoms with van der Waals surface area (Å²) >= 11 is 0. The monoisotopic (exact) mass is 684 g/mol. The molecule has 2 aromatic carbocycles. The number of rotatable bonds is 17. The summed E-state index contributed by atoms with van der Waals surface area (Å²) in [7, 11) is 2.87. The van der Waals surface area contributed by atoms with Crippen molar-refractivity contribution in [1.82, 2.24) is 10.3 Å². The number of amides is 3. The molecule has 1 aliphatic rings. The molecule has 3 amide bonds. The molecule has 10 nitrogen and oxygen atoms in total. The summed E-state index contributed by atoms with van der Waals surface area (Å²) in [5, 5.41) is 3.51. The molecular formula is C40H50N3O7+. The molecule has 50 heavy (non-hydrogen) atoms. The van der Waals surface area contributed by atoms with E-state index >= 15 is 0 Å². The van der Waals surface area contributed by atoms with Crippen LogP contribution in [0, 0.1) is 0 Å². The molecule has 1 saturated heterocycles. The molecule has 1 unspecified atom stereocenters. The average molecular weight is 685 g/mol. The van der Waals surface area contributed by atoms with Gasteiger partial charge in [-0.25, -0.2) is 14.6 Å². The van der Waals surface area contributed by atoms with Gasteiger partial charge in [-0.05, 0) is 45.1 Å².